The van der Waals surface area contributed by atoms with Crippen molar-refractivity contribution in [3.63, 3.8) is 0 Å². The molecule has 10 heteroatoms. The summed E-state index contributed by atoms with van der Waals surface area (Å²) in [6.45, 7) is 0. The van der Waals surface area contributed by atoms with Crippen LogP contribution in [0.15, 0.2) is 0 Å². The maximum atomic E-state index is 7.33. The van der Waals surface area contributed by atoms with Gasteiger partial charge in [-0.1, -0.05) is 0 Å². The Bertz CT molecular complexity index is 37.1. The van der Waals surface area contributed by atoms with Crippen molar-refractivity contribution >= 4 is 96.7 Å². The quantitative estimate of drug-likeness (QED) is 0.320. The van der Waals surface area contributed by atoms with Gasteiger partial charge in [-0.05, 0) is 0 Å². The molecule has 0 amide bonds. The Kier molecular flexibility index (Phi) is 68.6. The molecule has 58 valence electrons. The summed E-state index contributed by atoms with van der Waals surface area (Å²) in [5, 5.41) is 0. The second-order valence-electron chi connectivity index (χ2n) is 0.600. The van der Waals surface area contributed by atoms with Crippen molar-refractivity contribution in [2.24, 2.45) is 0 Å². The van der Waals surface area contributed by atoms with Gasteiger partial charge in [-0.3, -0.25) is 0 Å². The minimum atomic E-state index is -4.61. The van der Waals surface area contributed by atoms with Crippen LogP contribution < -0.4 is 0 Å². The van der Waals surface area contributed by atoms with Crippen molar-refractivity contribution in [2.45, 2.75) is 0 Å². The summed E-state index contributed by atoms with van der Waals surface area (Å²) in [7, 11) is -4.61. The fourth-order valence-electron chi connectivity index (χ4n) is 0. The average molecular weight is 248 g/mol. The summed E-state index contributed by atoms with van der Waals surface area (Å²) >= 11 is 0. The molecule has 0 aromatic heterocycles. The average Bonchev–Trinajstić information content (AvgIpc) is 0.722. The Labute approximate surface area is 136 Å². The maximum absolute atomic E-state index is 7.33. The predicted molar refractivity (Wildman–Crippen MR) is 42.5 cm³/mol. The molecule has 0 bridgehead atoms. The van der Waals surface area contributed by atoms with E-state index in [1.165, 1.54) is 0 Å². The van der Waals surface area contributed by atoms with E-state index in [4.69, 9.17) is 19.2 Å². The standard InChI is InChI=1S/Al.Fe.K.Li.H4O4Si.H2O.5H/c;;;;1-5(2,3)4;;;;;;/h;;;;1-4H;1H2;;;;;. The molecule has 0 rings (SSSR count). The summed E-state index contributed by atoms with van der Waals surface area (Å²) in [6, 6.07) is 0. The summed E-state index contributed by atoms with van der Waals surface area (Å²) in [5.74, 6) is 0. The van der Waals surface area contributed by atoms with E-state index >= 15 is 0 Å². The molecule has 5 nitrogen and oxygen atoms in total. The van der Waals surface area contributed by atoms with Crippen LogP contribution in [0.1, 0.15) is 0 Å². The summed E-state index contributed by atoms with van der Waals surface area (Å²) in [6.07, 6.45) is 0. The van der Waals surface area contributed by atoms with Crippen LogP contribution in [-0.2, 0) is 17.1 Å². The zero-order chi connectivity index (χ0) is 4.50. The molecule has 0 atom stereocenters. The molecule has 0 fully saturated rings. The van der Waals surface area contributed by atoms with Gasteiger partial charge in [0.05, 0.1) is 0 Å². The van der Waals surface area contributed by atoms with E-state index in [1.807, 2.05) is 0 Å². The summed E-state index contributed by atoms with van der Waals surface area (Å²) < 4.78 is 0. The fraction of sp³-hybridized carbons (Fsp3) is 0. The molecule has 10 heavy (non-hydrogen) atoms. The topological polar surface area (TPSA) is 112 Å². The van der Waals surface area contributed by atoms with Crippen LogP contribution in [0.2, 0.25) is 0 Å². The van der Waals surface area contributed by atoms with Crippen LogP contribution in [0.4, 0.5) is 0 Å². The van der Waals surface area contributed by atoms with Crippen molar-refractivity contribution in [1.29, 1.82) is 0 Å². The third-order valence-electron chi connectivity index (χ3n) is 0. The zero-order valence-electron chi connectivity index (χ0n) is 3.14. The predicted octanol–water partition coefficient (Wildman–Crippen LogP) is -5.92. The first kappa shape index (κ1) is 37.8. The molecule has 0 spiro atoms. The van der Waals surface area contributed by atoms with Crippen LogP contribution in [0.3, 0.4) is 0 Å². The molecule has 0 aliphatic rings. The number of hydrogen-bond acceptors (Lipinski definition) is 4. The Hall–Kier alpha value is 3.30. The Morgan fingerprint density at radius 3 is 0.900 bits per heavy atom. The molecule has 6 N–H and O–H groups in total. The van der Waals surface area contributed by atoms with Gasteiger partial charge in [-0.25, -0.2) is 0 Å². The van der Waals surface area contributed by atoms with Gasteiger partial charge >= 0.3 is 79.3 Å². The van der Waals surface area contributed by atoms with E-state index in [9.17, 15) is 0 Å². The van der Waals surface area contributed by atoms with Crippen LogP contribution in [0, 0.1) is 0 Å². The first-order chi connectivity index (χ1) is 2.00. The van der Waals surface area contributed by atoms with Gasteiger partial charge < -0.3 is 24.7 Å². The molecule has 0 aliphatic carbocycles. The molecule has 0 unspecified atom stereocenters. The van der Waals surface area contributed by atoms with Crippen LogP contribution in [0.5, 0.6) is 0 Å². The molecule has 0 aromatic carbocycles. The van der Waals surface area contributed by atoms with E-state index in [1.54, 1.807) is 0 Å². The monoisotopic (exact) mass is 248 g/mol. The van der Waals surface area contributed by atoms with E-state index in [-0.39, 0.29) is 110 Å². The summed E-state index contributed by atoms with van der Waals surface area (Å²) in [4.78, 5) is 29.3. The Morgan fingerprint density at radius 2 is 0.900 bits per heavy atom. The number of hydrogen-bond donors (Lipinski definition) is 4. The molecule has 0 heterocycles. The Morgan fingerprint density at radius 1 is 0.900 bits per heavy atom. The molecule has 0 radical (unpaired) electrons. The molecule has 0 aromatic rings. The zero-order valence-corrected chi connectivity index (χ0v) is 5.25. The van der Waals surface area contributed by atoms with E-state index in [0.717, 1.165) is 0 Å². The molecular weight excluding hydrogens is 237 g/mol. The molecule has 0 aliphatic heterocycles. The van der Waals surface area contributed by atoms with Crippen LogP contribution in [-0.4, -0.2) is 121 Å². The van der Waals surface area contributed by atoms with Crippen LogP contribution in [0.25, 0.3) is 0 Å². The van der Waals surface area contributed by atoms with Crippen molar-refractivity contribution in [3.8, 4) is 0 Å². The molecule has 0 saturated carbocycles. The fourth-order valence-corrected chi connectivity index (χ4v) is 0. The second-order valence-corrected chi connectivity index (χ2v) is 1.80. The third kappa shape index (κ3) is 110. The normalized spacial score (nSPS) is 6.00. The van der Waals surface area contributed by atoms with Gasteiger partial charge in [0.1, 0.15) is 0 Å². The number of rotatable bonds is 0. The van der Waals surface area contributed by atoms with Crippen molar-refractivity contribution in [2.75, 3.05) is 0 Å². The van der Waals surface area contributed by atoms with Gasteiger partial charge in [0.25, 0.3) is 0 Å². The van der Waals surface area contributed by atoms with E-state index in [2.05, 4.69) is 0 Å². The van der Waals surface area contributed by atoms with E-state index < -0.39 is 9.05 Å². The SMILES string of the molecule is O.O[Si](O)(O)O.[AlH3].[Fe].[KH].[LiH]. The van der Waals surface area contributed by atoms with Gasteiger partial charge in [-0.2, -0.15) is 0 Å². The van der Waals surface area contributed by atoms with Gasteiger partial charge in [-0.15, -0.1) is 0 Å². The second kappa shape index (κ2) is 18.2. The summed E-state index contributed by atoms with van der Waals surface area (Å²) in [5.41, 5.74) is 0. The first-order valence-electron chi connectivity index (χ1n) is 0.894. The molecular formula is H11AlFeKLiO5Si. The van der Waals surface area contributed by atoms with Crippen LogP contribution >= 0.6 is 0 Å². The van der Waals surface area contributed by atoms with Crippen molar-refractivity contribution < 1.29 is 41.7 Å². The van der Waals surface area contributed by atoms with Gasteiger partial charge in [0, 0.05) is 17.1 Å². The van der Waals surface area contributed by atoms with E-state index in [0.29, 0.717) is 0 Å². The third-order valence-corrected chi connectivity index (χ3v) is 0. The first-order valence-corrected chi connectivity index (χ1v) is 2.68. The Balaban J connectivity index is -0.00000000800. The van der Waals surface area contributed by atoms with Crippen molar-refractivity contribution in [3.05, 3.63) is 0 Å². The van der Waals surface area contributed by atoms with Gasteiger partial charge in [0.2, 0.25) is 0 Å². The minimum absolute atomic E-state index is 0. The van der Waals surface area contributed by atoms with Crippen molar-refractivity contribution in [1.82, 2.24) is 0 Å². The molecule has 0 saturated heterocycles. The van der Waals surface area contributed by atoms with Gasteiger partial charge in [0.15, 0.2) is 17.4 Å².